The molecule has 0 fully saturated rings. The van der Waals surface area contributed by atoms with Gasteiger partial charge >= 0.3 is 20.2 Å². The van der Waals surface area contributed by atoms with E-state index < -0.39 is 32.7 Å². The van der Waals surface area contributed by atoms with Crippen LogP contribution in [0.15, 0.2) is 24.3 Å². The maximum Gasteiger partial charge on any atom is 0.573 e. The van der Waals surface area contributed by atoms with E-state index in [1.165, 1.54) is 18.2 Å². The first-order chi connectivity index (χ1) is 16.2. The molecule has 0 radical (unpaired) electrons. The Labute approximate surface area is 203 Å². The molecule has 0 heterocycles. The van der Waals surface area contributed by atoms with Gasteiger partial charge in [-0.3, -0.25) is 13.8 Å². The monoisotopic (exact) mass is 530 g/mol. The largest absolute Gasteiger partial charge is 0.573 e. The fraction of sp³-hybridized carbons (Fsp3) is 0.682. The Balaban J connectivity index is 2.17. The van der Waals surface area contributed by atoms with Crippen LogP contribution in [0.5, 0.6) is 11.5 Å². The zero-order valence-electron chi connectivity index (χ0n) is 20.3. The topological polar surface area (TPSA) is 112 Å². The van der Waals surface area contributed by atoms with Crippen LogP contribution in [-0.2, 0) is 18.4 Å². The van der Waals surface area contributed by atoms with Crippen molar-refractivity contribution in [3.63, 3.8) is 0 Å². The van der Waals surface area contributed by atoms with Gasteiger partial charge in [0, 0.05) is 6.07 Å². The van der Waals surface area contributed by atoms with Gasteiger partial charge in [0.2, 0.25) is 0 Å². The Morgan fingerprint density at radius 3 is 2.17 bits per heavy atom. The van der Waals surface area contributed by atoms with E-state index in [0.717, 1.165) is 32.1 Å². The number of carboxylic acids is 1. The normalized spacial score (nSPS) is 14.8. The molecule has 2 atom stereocenters. The van der Waals surface area contributed by atoms with E-state index in [0.29, 0.717) is 23.3 Å². The number of phosphoric ester groups is 1. The lowest BCUT2D eigenvalue weighted by Gasteiger charge is -2.29. The highest BCUT2D eigenvalue weighted by Crippen LogP contribution is 2.45. The Kier molecular flexibility index (Phi) is 13.0. The molecule has 1 aromatic carbocycles. The predicted molar refractivity (Wildman–Crippen MR) is 122 cm³/mol. The molecule has 0 bridgehead atoms. The summed E-state index contributed by atoms with van der Waals surface area (Å²) in [5, 5.41) is 8.98. The summed E-state index contributed by atoms with van der Waals surface area (Å²) in [6.45, 7) is 0.600. The number of phosphoric acid groups is 1. The molecule has 202 valence electrons. The summed E-state index contributed by atoms with van der Waals surface area (Å²) < 4.78 is 68.6. The standard InChI is InChI=1S/C22H35F3NO8P/c1-26(2,3)17-20(16-21(27)28)34-35(29,30)32-14-9-7-5-4-6-8-13-31-18-11-10-12-19(15-18)33-22(23,24)25/h10-12,15,20H,4-9,13-14,16-17H2,1-3H3,(H-,27,28,29,30)/p+1/t20-/m1/s1. The van der Waals surface area contributed by atoms with Crippen LogP contribution in [0.25, 0.3) is 0 Å². The number of hydrogen-bond acceptors (Lipinski definition) is 6. The highest BCUT2D eigenvalue weighted by Gasteiger charge is 2.32. The van der Waals surface area contributed by atoms with Crippen LogP contribution in [0, 0.1) is 0 Å². The fourth-order valence-electron chi connectivity index (χ4n) is 3.20. The molecule has 13 heteroatoms. The summed E-state index contributed by atoms with van der Waals surface area (Å²) in [7, 11) is 1.09. The van der Waals surface area contributed by atoms with E-state index in [-0.39, 0.29) is 18.9 Å². The minimum atomic E-state index is -4.75. The molecule has 0 aliphatic heterocycles. The molecule has 0 aliphatic rings. The van der Waals surface area contributed by atoms with E-state index in [1.807, 2.05) is 21.1 Å². The molecule has 0 saturated heterocycles. The summed E-state index contributed by atoms with van der Waals surface area (Å²) in [6.07, 6.45) is -1.49. The summed E-state index contributed by atoms with van der Waals surface area (Å²) >= 11 is 0. The van der Waals surface area contributed by atoms with Crippen LogP contribution in [0.3, 0.4) is 0 Å². The number of hydrogen-bond donors (Lipinski definition) is 2. The van der Waals surface area contributed by atoms with Gasteiger partial charge in [0.25, 0.3) is 0 Å². The fourth-order valence-corrected chi connectivity index (χ4v) is 4.14. The number of halogens is 3. The number of ether oxygens (including phenoxy) is 2. The van der Waals surface area contributed by atoms with Crippen LogP contribution in [0.4, 0.5) is 13.2 Å². The molecule has 35 heavy (non-hydrogen) atoms. The van der Waals surface area contributed by atoms with Crippen LogP contribution in [-0.4, -0.2) is 73.8 Å². The summed E-state index contributed by atoms with van der Waals surface area (Å²) in [5.41, 5.74) is 0. The number of unbranched alkanes of at least 4 members (excludes halogenated alkanes) is 5. The first kappa shape index (κ1) is 31.2. The van der Waals surface area contributed by atoms with E-state index in [1.54, 1.807) is 6.07 Å². The van der Waals surface area contributed by atoms with Gasteiger partial charge in [-0.05, 0) is 25.0 Å². The molecule has 0 aliphatic carbocycles. The van der Waals surface area contributed by atoms with Gasteiger partial charge in [-0.25, -0.2) is 4.57 Å². The second-order valence-electron chi connectivity index (χ2n) is 9.09. The highest BCUT2D eigenvalue weighted by atomic mass is 31.2. The number of likely N-dealkylation sites (N-methyl/N-ethyl adjacent to an activating group) is 1. The van der Waals surface area contributed by atoms with Crippen molar-refractivity contribution in [3.05, 3.63) is 24.3 Å². The van der Waals surface area contributed by atoms with Gasteiger partial charge < -0.3 is 24.0 Å². The number of rotatable bonds is 18. The number of alkyl halides is 3. The maximum atomic E-state index is 12.3. The minimum absolute atomic E-state index is 0.0113. The number of carbonyl (C=O) groups is 1. The van der Waals surface area contributed by atoms with Gasteiger partial charge in [0.1, 0.15) is 24.1 Å². The lowest BCUT2D eigenvalue weighted by atomic mass is 10.1. The number of aliphatic carboxylic acids is 1. The maximum absolute atomic E-state index is 12.3. The average molecular weight is 530 g/mol. The van der Waals surface area contributed by atoms with Crippen molar-refractivity contribution in [2.45, 2.75) is 57.4 Å². The third-order valence-electron chi connectivity index (χ3n) is 4.54. The molecule has 1 aromatic rings. The Bertz CT molecular complexity index is 817. The van der Waals surface area contributed by atoms with Crippen LogP contribution >= 0.6 is 7.82 Å². The molecule has 0 aromatic heterocycles. The molecule has 2 N–H and O–H groups in total. The van der Waals surface area contributed by atoms with Crippen LogP contribution < -0.4 is 9.47 Å². The lowest BCUT2D eigenvalue weighted by Crippen LogP contribution is -2.42. The second kappa shape index (κ2) is 14.6. The van der Waals surface area contributed by atoms with Crippen molar-refractivity contribution >= 4 is 13.8 Å². The Morgan fingerprint density at radius 1 is 1.03 bits per heavy atom. The molecule has 1 unspecified atom stereocenters. The zero-order chi connectivity index (χ0) is 26.5. The van der Waals surface area contributed by atoms with Gasteiger partial charge in [-0.2, -0.15) is 0 Å². The molecule has 1 rings (SSSR count). The van der Waals surface area contributed by atoms with Gasteiger partial charge in [-0.15, -0.1) is 13.2 Å². The second-order valence-corrected chi connectivity index (χ2v) is 10.5. The van der Waals surface area contributed by atoms with E-state index in [2.05, 4.69) is 4.74 Å². The molecule has 0 spiro atoms. The number of carboxylic acid groups (broad SMARTS) is 1. The first-order valence-electron chi connectivity index (χ1n) is 11.3. The highest BCUT2D eigenvalue weighted by molar-refractivity contribution is 7.47. The average Bonchev–Trinajstić information content (AvgIpc) is 2.66. The lowest BCUT2D eigenvalue weighted by molar-refractivity contribution is -0.873. The molecule has 0 saturated carbocycles. The van der Waals surface area contributed by atoms with Gasteiger partial charge in [0.05, 0.1) is 40.8 Å². The Hall–Kier alpha value is -1.85. The van der Waals surface area contributed by atoms with Crippen molar-refractivity contribution in [2.75, 3.05) is 40.9 Å². The van der Waals surface area contributed by atoms with E-state index in [9.17, 15) is 27.4 Å². The molecular formula is C22H36F3NO8P+. The predicted octanol–water partition coefficient (Wildman–Crippen LogP) is 4.99. The molecule has 0 amide bonds. The third-order valence-corrected chi connectivity index (χ3v) is 5.61. The zero-order valence-corrected chi connectivity index (χ0v) is 21.2. The summed E-state index contributed by atoms with van der Waals surface area (Å²) in [6, 6.07) is 5.36. The first-order valence-corrected chi connectivity index (χ1v) is 12.8. The summed E-state index contributed by atoms with van der Waals surface area (Å²) in [5.74, 6) is -1.16. The third kappa shape index (κ3) is 17.3. The van der Waals surface area contributed by atoms with Crippen molar-refractivity contribution in [2.24, 2.45) is 0 Å². The van der Waals surface area contributed by atoms with E-state index >= 15 is 0 Å². The van der Waals surface area contributed by atoms with Gasteiger partial charge in [-0.1, -0.05) is 31.7 Å². The van der Waals surface area contributed by atoms with Crippen LogP contribution in [0.2, 0.25) is 0 Å². The van der Waals surface area contributed by atoms with Crippen molar-refractivity contribution < 1.29 is 55.5 Å². The van der Waals surface area contributed by atoms with E-state index in [4.69, 9.17) is 18.9 Å². The molecule has 9 nitrogen and oxygen atoms in total. The number of quaternary nitrogens is 1. The van der Waals surface area contributed by atoms with Crippen molar-refractivity contribution in [1.29, 1.82) is 0 Å². The quantitative estimate of drug-likeness (QED) is 0.155. The molecular weight excluding hydrogens is 494 g/mol. The number of benzene rings is 1. The van der Waals surface area contributed by atoms with Crippen molar-refractivity contribution in [3.8, 4) is 11.5 Å². The SMILES string of the molecule is C[N+](C)(C)C[C@@H](CC(=O)O)OP(=O)(O)OCCCCCCCCOc1cccc(OC(F)(F)F)c1. The summed E-state index contributed by atoms with van der Waals surface area (Å²) in [4.78, 5) is 20.9. The number of nitrogens with zero attached hydrogens (tertiary/aromatic N) is 1. The van der Waals surface area contributed by atoms with Gasteiger partial charge in [0.15, 0.2) is 0 Å². The van der Waals surface area contributed by atoms with Crippen LogP contribution in [0.1, 0.15) is 44.9 Å². The minimum Gasteiger partial charge on any atom is -0.493 e. The smallest absolute Gasteiger partial charge is 0.493 e. The Morgan fingerprint density at radius 2 is 1.60 bits per heavy atom. The van der Waals surface area contributed by atoms with Crippen molar-refractivity contribution in [1.82, 2.24) is 0 Å².